The van der Waals surface area contributed by atoms with Crippen molar-refractivity contribution in [3.63, 3.8) is 0 Å². The summed E-state index contributed by atoms with van der Waals surface area (Å²) in [7, 11) is 0. The van der Waals surface area contributed by atoms with Crippen molar-refractivity contribution in [2.75, 3.05) is 0 Å². The van der Waals surface area contributed by atoms with E-state index in [-0.39, 0.29) is 37.4 Å². The van der Waals surface area contributed by atoms with Gasteiger partial charge in [0.05, 0.1) is 5.92 Å². The van der Waals surface area contributed by atoms with E-state index in [0.29, 0.717) is 12.8 Å². The molecule has 0 heterocycles. The maximum Gasteiger partial charge on any atom is 0.320 e. The Bertz CT molecular complexity index is 635. The lowest BCUT2D eigenvalue weighted by molar-refractivity contribution is -0.150. The summed E-state index contributed by atoms with van der Waals surface area (Å²) >= 11 is 0. The summed E-state index contributed by atoms with van der Waals surface area (Å²) in [6.07, 6.45) is 3.92. The topological polar surface area (TPSA) is 119 Å². The van der Waals surface area contributed by atoms with Gasteiger partial charge < -0.3 is 20.9 Å². The number of nitrogens with one attached hydrogen (secondary N) is 1. The summed E-state index contributed by atoms with van der Waals surface area (Å²) in [6, 6.07) is 8.76. The number of carboxylic acid groups (broad SMARTS) is 1. The lowest BCUT2D eigenvalue weighted by atomic mass is 10.0. The molecule has 1 fully saturated rings. The molecule has 1 aromatic rings. The van der Waals surface area contributed by atoms with Crippen LogP contribution in [0.2, 0.25) is 0 Å². The van der Waals surface area contributed by atoms with E-state index in [4.69, 9.17) is 10.5 Å². The molecular formula is C20H28N2O5. The molecular weight excluding hydrogens is 348 g/mol. The number of carbonyl (C=O) groups is 3. The van der Waals surface area contributed by atoms with Crippen LogP contribution in [0.15, 0.2) is 30.3 Å². The van der Waals surface area contributed by atoms with Gasteiger partial charge in [-0.15, -0.1) is 0 Å². The van der Waals surface area contributed by atoms with Gasteiger partial charge in [-0.3, -0.25) is 14.4 Å². The highest BCUT2D eigenvalue weighted by Crippen LogP contribution is 2.25. The zero-order valence-electron chi connectivity index (χ0n) is 15.4. The van der Waals surface area contributed by atoms with Gasteiger partial charge in [-0.2, -0.15) is 0 Å². The number of nitrogens with two attached hydrogens (primary N) is 1. The number of carboxylic acids is 1. The maximum atomic E-state index is 12.4. The quantitative estimate of drug-likeness (QED) is 0.448. The van der Waals surface area contributed by atoms with Gasteiger partial charge in [0.2, 0.25) is 5.91 Å². The van der Waals surface area contributed by atoms with E-state index in [2.05, 4.69) is 5.32 Å². The molecule has 148 valence electrons. The molecule has 1 amide bonds. The molecule has 0 spiro atoms. The van der Waals surface area contributed by atoms with Gasteiger partial charge >= 0.3 is 11.9 Å². The summed E-state index contributed by atoms with van der Waals surface area (Å²) in [5, 5.41) is 12.4. The van der Waals surface area contributed by atoms with E-state index < -0.39 is 17.9 Å². The van der Waals surface area contributed by atoms with Gasteiger partial charge in [0.15, 0.2) is 0 Å². The largest absolute Gasteiger partial charge is 0.480 e. The second kappa shape index (κ2) is 10.7. The van der Waals surface area contributed by atoms with Crippen molar-refractivity contribution in [3.05, 3.63) is 35.9 Å². The summed E-state index contributed by atoms with van der Waals surface area (Å²) in [6.45, 7) is 0.270. The first-order valence-electron chi connectivity index (χ1n) is 9.43. The predicted molar refractivity (Wildman–Crippen MR) is 99.6 cm³/mol. The third kappa shape index (κ3) is 7.38. The van der Waals surface area contributed by atoms with E-state index in [0.717, 1.165) is 24.8 Å². The average Bonchev–Trinajstić information content (AvgIpc) is 2.89. The molecule has 3 unspecified atom stereocenters. The van der Waals surface area contributed by atoms with Gasteiger partial charge in [-0.25, -0.2) is 0 Å². The lowest BCUT2D eigenvalue weighted by Gasteiger charge is -2.22. The van der Waals surface area contributed by atoms with Crippen LogP contribution < -0.4 is 11.1 Å². The molecule has 27 heavy (non-hydrogen) atoms. The van der Waals surface area contributed by atoms with Crippen LogP contribution in [0.4, 0.5) is 0 Å². The summed E-state index contributed by atoms with van der Waals surface area (Å²) in [5.41, 5.74) is 6.07. The van der Waals surface area contributed by atoms with Gasteiger partial charge in [-0.05, 0) is 37.7 Å². The molecule has 0 bridgehead atoms. The van der Waals surface area contributed by atoms with Crippen LogP contribution in [-0.4, -0.2) is 35.0 Å². The van der Waals surface area contributed by atoms with Crippen molar-refractivity contribution in [1.29, 1.82) is 0 Å². The third-order valence-electron chi connectivity index (χ3n) is 4.94. The van der Waals surface area contributed by atoms with Gasteiger partial charge in [-0.1, -0.05) is 36.8 Å². The molecule has 7 nitrogen and oxygen atoms in total. The van der Waals surface area contributed by atoms with Crippen LogP contribution in [-0.2, 0) is 25.7 Å². The van der Waals surface area contributed by atoms with E-state index in [9.17, 15) is 19.5 Å². The highest BCUT2D eigenvalue weighted by molar-refractivity contribution is 5.77. The Morgan fingerprint density at radius 2 is 1.89 bits per heavy atom. The fraction of sp³-hybridized carbons (Fsp3) is 0.550. The van der Waals surface area contributed by atoms with Crippen molar-refractivity contribution in [3.8, 4) is 0 Å². The van der Waals surface area contributed by atoms with Gasteiger partial charge in [0, 0.05) is 12.5 Å². The molecule has 0 aliphatic heterocycles. The first-order valence-corrected chi connectivity index (χ1v) is 9.43. The van der Waals surface area contributed by atoms with Crippen molar-refractivity contribution >= 4 is 17.8 Å². The van der Waals surface area contributed by atoms with Crippen molar-refractivity contribution in [2.45, 2.75) is 63.6 Å². The monoisotopic (exact) mass is 376 g/mol. The van der Waals surface area contributed by atoms with E-state index in [1.54, 1.807) is 0 Å². The first kappa shape index (κ1) is 20.9. The van der Waals surface area contributed by atoms with Crippen molar-refractivity contribution in [1.82, 2.24) is 5.32 Å². The second-order valence-corrected chi connectivity index (χ2v) is 7.06. The third-order valence-corrected chi connectivity index (χ3v) is 4.94. The Kier molecular flexibility index (Phi) is 8.26. The summed E-state index contributed by atoms with van der Waals surface area (Å²) < 4.78 is 5.44. The summed E-state index contributed by atoms with van der Waals surface area (Å²) in [4.78, 5) is 34.6. The number of hydrogen-bond donors (Lipinski definition) is 3. The van der Waals surface area contributed by atoms with Crippen molar-refractivity contribution < 1.29 is 24.2 Å². The molecule has 1 saturated carbocycles. The molecule has 2 rings (SSSR count). The van der Waals surface area contributed by atoms with Crippen molar-refractivity contribution in [2.24, 2.45) is 11.7 Å². The van der Waals surface area contributed by atoms with E-state index in [1.807, 2.05) is 30.3 Å². The SMILES string of the molecule is NC(=O)CCC(NC1CCCC(C(=O)OCc2ccccc2)CC1)C(=O)O. The van der Waals surface area contributed by atoms with Crippen LogP contribution in [0, 0.1) is 5.92 Å². The minimum absolute atomic E-state index is 0.00546. The number of aliphatic carboxylic acids is 1. The molecule has 1 aliphatic rings. The summed E-state index contributed by atoms with van der Waals surface area (Å²) in [5.74, 6) is -1.85. The highest BCUT2D eigenvalue weighted by atomic mass is 16.5. The zero-order chi connectivity index (χ0) is 19.6. The second-order valence-electron chi connectivity index (χ2n) is 7.06. The number of amides is 1. The fourth-order valence-electron chi connectivity index (χ4n) is 3.40. The smallest absolute Gasteiger partial charge is 0.320 e. The van der Waals surface area contributed by atoms with Crippen LogP contribution in [0.25, 0.3) is 0 Å². The number of esters is 1. The highest BCUT2D eigenvalue weighted by Gasteiger charge is 2.28. The van der Waals surface area contributed by atoms with Crippen LogP contribution in [0.5, 0.6) is 0 Å². The minimum Gasteiger partial charge on any atom is -0.480 e. The number of benzene rings is 1. The molecule has 4 N–H and O–H groups in total. The molecule has 1 aromatic carbocycles. The maximum absolute atomic E-state index is 12.4. The fourth-order valence-corrected chi connectivity index (χ4v) is 3.40. The number of carbonyl (C=O) groups excluding carboxylic acids is 2. The normalized spacial score (nSPS) is 21.0. The zero-order valence-corrected chi connectivity index (χ0v) is 15.4. The molecule has 0 saturated heterocycles. The number of primary amides is 1. The average molecular weight is 376 g/mol. The number of ether oxygens (including phenoxy) is 1. The minimum atomic E-state index is -0.987. The van der Waals surface area contributed by atoms with Crippen LogP contribution in [0.3, 0.4) is 0 Å². The van der Waals surface area contributed by atoms with Gasteiger partial charge in [0.25, 0.3) is 0 Å². The Labute approximate surface area is 159 Å². The Hall–Kier alpha value is -2.41. The Balaban J connectivity index is 1.80. The molecule has 7 heteroatoms. The number of hydrogen-bond acceptors (Lipinski definition) is 5. The lowest BCUT2D eigenvalue weighted by Crippen LogP contribution is -2.43. The Morgan fingerprint density at radius 1 is 1.15 bits per heavy atom. The predicted octanol–water partition coefficient (Wildman–Crippen LogP) is 1.99. The number of rotatable bonds is 9. The molecule has 0 aromatic heterocycles. The molecule has 1 aliphatic carbocycles. The first-order chi connectivity index (χ1) is 13.0. The Morgan fingerprint density at radius 3 is 2.56 bits per heavy atom. The molecule has 3 atom stereocenters. The van der Waals surface area contributed by atoms with E-state index in [1.165, 1.54) is 0 Å². The van der Waals surface area contributed by atoms with Crippen LogP contribution in [0.1, 0.15) is 50.5 Å². The van der Waals surface area contributed by atoms with E-state index >= 15 is 0 Å². The van der Waals surface area contributed by atoms with Crippen LogP contribution >= 0.6 is 0 Å². The molecule has 0 radical (unpaired) electrons. The van der Waals surface area contributed by atoms with Gasteiger partial charge in [0.1, 0.15) is 12.6 Å². The standard InChI is InChI=1S/C20H28N2O5/c21-18(23)12-11-17(19(24)25)22-16-8-4-7-15(9-10-16)20(26)27-13-14-5-2-1-3-6-14/h1-3,5-6,15-17,22H,4,7-13H2,(H2,21,23)(H,24,25).